The summed E-state index contributed by atoms with van der Waals surface area (Å²) < 4.78 is 5.44. The Morgan fingerprint density at radius 3 is 2.58 bits per heavy atom. The molecule has 0 fully saturated rings. The van der Waals surface area contributed by atoms with Gasteiger partial charge in [-0.15, -0.1) is 0 Å². The molecule has 2 unspecified atom stereocenters. The van der Waals surface area contributed by atoms with Crippen LogP contribution < -0.4 is 10.6 Å². The molecular weight excluding hydrogens is 304 g/mol. The summed E-state index contributed by atoms with van der Waals surface area (Å²) in [5.41, 5.74) is 0.680. The molecule has 130 valence electrons. The van der Waals surface area contributed by atoms with Crippen molar-refractivity contribution in [2.45, 2.75) is 39.2 Å². The zero-order chi connectivity index (χ0) is 17.4. The molecule has 1 aromatic carbocycles. The summed E-state index contributed by atoms with van der Waals surface area (Å²) in [4.78, 5) is 24.4. The molecule has 1 aliphatic rings. The summed E-state index contributed by atoms with van der Waals surface area (Å²) in [6, 6.07) is 8.06. The van der Waals surface area contributed by atoms with Gasteiger partial charge in [-0.1, -0.05) is 44.2 Å². The first-order chi connectivity index (χ1) is 11.6. The van der Waals surface area contributed by atoms with Crippen LogP contribution in [0.2, 0.25) is 0 Å². The van der Waals surface area contributed by atoms with E-state index in [0.29, 0.717) is 18.2 Å². The highest BCUT2D eigenvalue weighted by Crippen LogP contribution is 2.18. The van der Waals surface area contributed by atoms with Crippen LogP contribution in [-0.2, 0) is 9.53 Å². The highest BCUT2D eigenvalue weighted by Gasteiger charge is 2.26. The first-order valence-electron chi connectivity index (χ1n) is 8.50. The molecule has 0 aliphatic heterocycles. The Bertz CT molecular complexity index is 569. The monoisotopic (exact) mass is 330 g/mol. The fourth-order valence-electron chi connectivity index (χ4n) is 2.63. The van der Waals surface area contributed by atoms with E-state index in [2.05, 4.69) is 22.8 Å². The van der Waals surface area contributed by atoms with Crippen molar-refractivity contribution in [2.75, 3.05) is 11.9 Å². The molecule has 0 aromatic heterocycles. The van der Waals surface area contributed by atoms with E-state index >= 15 is 0 Å². The van der Waals surface area contributed by atoms with Gasteiger partial charge in [-0.2, -0.15) is 0 Å². The topological polar surface area (TPSA) is 67.4 Å². The summed E-state index contributed by atoms with van der Waals surface area (Å²) in [5.74, 6) is -0.0436. The molecule has 0 bridgehead atoms. The second-order valence-corrected chi connectivity index (χ2v) is 6.47. The van der Waals surface area contributed by atoms with E-state index in [0.717, 1.165) is 19.3 Å². The minimum absolute atomic E-state index is 0.0507. The number of carbonyl (C=O) groups excluding carboxylic acids is 2. The number of rotatable bonds is 6. The average Bonchev–Trinajstić information content (AvgIpc) is 2.59. The fraction of sp³-hybridized carbons (Fsp3) is 0.474. The Kier molecular flexibility index (Phi) is 6.85. The lowest BCUT2D eigenvalue weighted by Gasteiger charge is -2.23. The molecule has 2 rings (SSSR count). The van der Waals surface area contributed by atoms with E-state index in [9.17, 15) is 9.59 Å². The molecule has 1 aliphatic carbocycles. The molecule has 0 saturated carbocycles. The summed E-state index contributed by atoms with van der Waals surface area (Å²) in [6.07, 6.45) is 7.31. The lowest BCUT2D eigenvalue weighted by molar-refractivity contribution is -0.148. The molecule has 2 amide bonds. The molecule has 0 saturated heterocycles. The fourth-order valence-corrected chi connectivity index (χ4v) is 2.63. The van der Waals surface area contributed by atoms with E-state index in [-0.39, 0.29) is 11.9 Å². The van der Waals surface area contributed by atoms with Crippen molar-refractivity contribution in [1.29, 1.82) is 0 Å². The number of nitrogens with one attached hydrogen (secondary N) is 2. The minimum atomic E-state index is -0.659. The van der Waals surface area contributed by atoms with Gasteiger partial charge in [0.15, 0.2) is 0 Å². The third kappa shape index (κ3) is 5.72. The van der Waals surface area contributed by atoms with Crippen LogP contribution >= 0.6 is 0 Å². The Labute approximate surface area is 143 Å². The molecule has 5 nitrogen and oxygen atoms in total. The number of benzene rings is 1. The minimum Gasteiger partial charge on any atom is -0.464 e. The predicted molar refractivity (Wildman–Crippen MR) is 94.7 cm³/mol. The maximum absolute atomic E-state index is 12.3. The highest BCUT2D eigenvalue weighted by atomic mass is 16.5. The maximum atomic E-state index is 12.3. The van der Waals surface area contributed by atoms with Crippen molar-refractivity contribution in [3.8, 4) is 0 Å². The first kappa shape index (κ1) is 18.0. The van der Waals surface area contributed by atoms with Crippen molar-refractivity contribution >= 4 is 17.7 Å². The maximum Gasteiger partial charge on any atom is 0.328 e. The average molecular weight is 330 g/mol. The second kappa shape index (κ2) is 9.11. The number of esters is 1. The van der Waals surface area contributed by atoms with Crippen molar-refractivity contribution in [2.24, 2.45) is 11.8 Å². The SMILES string of the molecule is CC(C)C(NC(=O)Nc1ccccc1)C(=O)OCC1CC=CCC1. The van der Waals surface area contributed by atoms with E-state index < -0.39 is 12.1 Å². The number of para-hydroxylation sites is 1. The van der Waals surface area contributed by atoms with E-state index in [1.165, 1.54) is 0 Å². The number of ether oxygens (including phenoxy) is 1. The smallest absolute Gasteiger partial charge is 0.328 e. The zero-order valence-corrected chi connectivity index (χ0v) is 14.3. The van der Waals surface area contributed by atoms with Crippen LogP contribution in [-0.4, -0.2) is 24.6 Å². The van der Waals surface area contributed by atoms with Crippen molar-refractivity contribution in [1.82, 2.24) is 5.32 Å². The van der Waals surface area contributed by atoms with Crippen molar-refractivity contribution < 1.29 is 14.3 Å². The lowest BCUT2D eigenvalue weighted by Crippen LogP contribution is -2.47. The quantitative estimate of drug-likeness (QED) is 0.617. The van der Waals surface area contributed by atoms with Gasteiger partial charge in [-0.25, -0.2) is 9.59 Å². The van der Waals surface area contributed by atoms with Crippen molar-refractivity contribution in [3.63, 3.8) is 0 Å². The lowest BCUT2D eigenvalue weighted by atomic mass is 9.95. The Morgan fingerprint density at radius 2 is 1.96 bits per heavy atom. The number of hydrogen-bond acceptors (Lipinski definition) is 3. The zero-order valence-electron chi connectivity index (χ0n) is 14.3. The second-order valence-electron chi connectivity index (χ2n) is 6.47. The molecule has 0 heterocycles. The molecule has 2 atom stereocenters. The molecule has 24 heavy (non-hydrogen) atoms. The van der Waals surface area contributed by atoms with Gasteiger partial charge >= 0.3 is 12.0 Å². The van der Waals surface area contributed by atoms with Gasteiger partial charge in [0.25, 0.3) is 0 Å². The van der Waals surface area contributed by atoms with Gasteiger partial charge in [0.05, 0.1) is 6.61 Å². The van der Waals surface area contributed by atoms with Crippen LogP contribution in [0.4, 0.5) is 10.5 Å². The van der Waals surface area contributed by atoms with Crippen LogP contribution in [0, 0.1) is 11.8 Å². The van der Waals surface area contributed by atoms with E-state index in [1.54, 1.807) is 12.1 Å². The van der Waals surface area contributed by atoms with Gasteiger partial charge in [0, 0.05) is 5.69 Å². The van der Waals surface area contributed by atoms with Crippen LogP contribution in [0.25, 0.3) is 0 Å². The summed E-state index contributed by atoms with van der Waals surface area (Å²) in [6.45, 7) is 4.19. The molecule has 1 aromatic rings. The number of urea groups is 1. The van der Waals surface area contributed by atoms with E-state index in [4.69, 9.17) is 4.74 Å². The number of allylic oxidation sites excluding steroid dienone is 2. The number of carbonyl (C=O) groups is 2. The molecular formula is C19H26N2O3. The Hall–Kier alpha value is -2.30. The van der Waals surface area contributed by atoms with Crippen molar-refractivity contribution in [3.05, 3.63) is 42.5 Å². The van der Waals surface area contributed by atoms with Crippen LogP contribution in [0.15, 0.2) is 42.5 Å². The van der Waals surface area contributed by atoms with Gasteiger partial charge in [0.2, 0.25) is 0 Å². The highest BCUT2D eigenvalue weighted by molar-refractivity contribution is 5.92. The third-order valence-electron chi connectivity index (χ3n) is 4.08. The Balaban J connectivity index is 1.84. The largest absolute Gasteiger partial charge is 0.464 e. The van der Waals surface area contributed by atoms with Crippen LogP contribution in [0.3, 0.4) is 0 Å². The molecule has 5 heteroatoms. The van der Waals surface area contributed by atoms with Gasteiger partial charge in [0.1, 0.15) is 6.04 Å². The molecule has 2 N–H and O–H groups in total. The molecule has 0 radical (unpaired) electrons. The summed E-state index contributed by atoms with van der Waals surface area (Å²) >= 11 is 0. The summed E-state index contributed by atoms with van der Waals surface area (Å²) in [5, 5.41) is 5.43. The first-order valence-corrected chi connectivity index (χ1v) is 8.50. The number of amides is 2. The predicted octanol–water partition coefficient (Wildman–Crippen LogP) is 3.73. The van der Waals surface area contributed by atoms with Crippen LogP contribution in [0.1, 0.15) is 33.1 Å². The van der Waals surface area contributed by atoms with Crippen LogP contribution in [0.5, 0.6) is 0 Å². The normalized spacial score (nSPS) is 18.0. The van der Waals surface area contributed by atoms with Gasteiger partial charge in [-0.05, 0) is 43.2 Å². The molecule has 0 spiro atoms. The van der Waals surface area contributed by atoms with Gasteiger partial charge < -0.3 is 15.4 Å². The Morgan fingerprint density at radius 1 is 1.21 bits per heavy atom. The summed E-state index contributed by atoms with van der Waals surface area (Å²) in [7, 11) is 0. The number of anilines is 1. The third-order valence-corrected chi connectivity index (χ3v) is 4.08. The van der Waals surface area contributed by atoms with Gasteiger partial charge in [-0.3, -0.25) is 0 Å². The standard InChI is InChI=1S/C19H26N2O3/c1-14(2)17(18(22)24-13-15-9-5-3-6-10-15)21-19(23)20-16-11-7-4-8-12-16/h3-5,7-8,11-12,14-15,17H,6,9-10,13H2,1-2H3,(H2,20,21,23). The number of hydrogen-bond donors (Lipinski definition) is 2. The van der Waals surface area contributed by atoms with E-state index in [1.807, 2.05) is 32.0 Å².